The first-order valence-corrected chi connectivity index (χ1v) is 5.59. The van der Waals surface area contributed by atoms with E-state index in [-0.39, 0.29) is 18.2 Å². The average Bonchev–Trinajstić information content (AvgIpc) is 2.38. The second-order valence-electron chi connectivity index (χ2n) is 4.02. The van der Waals surface area contributed by atoms with Gasteiger partial charge >= 0.3 is 0 Å². The van der Waals surface area contributed by atoms with Crippen LogP contribution in [0.4, 0.5) is 0 Å². The van der Waals surface area contributed by atoms with Gasteiger partial charge in [-0.1, -0.05) is 18.2 Å². The van der Waals surface area contributed by atoms with Crippen LogP contribution >= 0.6 is 0 Å². The van der Waals surface area contributed by atoms with Crippen LogP contribution in [0.5, 0.6) is 0 Å². The molecule has 0 aromatic heterocycles. The molecule has 0 atom stereocenters. The monoisotopic (exact) mass is 233 g/mol. The Balaban J connectivity index is 2.05. The number of hydrogen-bond acceptors (Lipinski definition) is 3. The van der Waals surface area contributed by atoms with Crippen molar-refractivity contribution in [1.29, 1.82) is 0 Å². The number of amides is 2. The lowest BCUT2D eigenvalue weighted by atomic mass is 9.99. The molecule has 0 spiro atoms. The lowest BCUT2D eigenvalue weighted by Gasteiger charge is -2.28. The maximum Gasteiger partial charge on any atom is 0.254 e. The summed E-state index contributed by atoms with van der Waals surface area (Å²) in [5.41, 5.74) is 3.88. The van der Waals surface area contributed by atoms with E-state index in [4.69, 9.17) is 5.84 Å². The van der Waals surface area contributed by atoms with Crippen molar-refractivity contribution in [3.8, 4) is 0 Å². The third-order valence-corrected chi connectivity index (χ3v) is 2.96. The Hall–Kier alpha value is -1.88. The van der Waals surface area contributed by atoms with Crippen LogP contribution in [0.25, 0.3) is 0 Å². The minimum absolute atomic E-state index is 0.00308. The zero-order chi connectivity index (χ0) is 12.3. The first kappa shape index (κ1) is 11.6. The van der Waals surface area contributed by atoms with Gasteiger partial charge in [-0.15, -0.1) is 0 Å². The van der Waals surface area contributed by atoms with Crippen molar-refractivity contribution in [2.45, 2.75) is 12.8 Å². The lowest BCUT2D eigenvalue weighted by molar-refractivity contribution is -0.121. The summed E-state index contributed by atoms with van der Waals surface area (Å²) in [7, 11) is 0. The lowest BCUT2D eigenvalue weighted by Crippen LogP contribution is -2.40. The van der Waals surface area contributed by atoms with Crippen molar-refractivity contribution in [3.05, 3.63) is 35.4 Å². The van der Waals surface area contributed by atoms with Gasteiger partial charge in [0, 0.05) is 25.1 Å². The van der Waals surface area contributed by atoms with E-state index < -0.39 is 0 Å². The highest BCUT2D eigenvalue weighted by molar-refractivity contribution is 5.96. The number of nitrogens with one attached hydrogen (secondary N) is 1. The summed E-state index contributed by atoms with van der Waals surface area (Å²) in [6.07, 6.45) is 1.08. The molecular weight excluding hydrogens is 218 g/mol. The van der Waals surface area contributed by atoms with E-state index in [2.05, 4.69) is 5.43 Å². The molecule has 3 N–H and O–H groups in total. The number of fused-ring (bicyclic) bond motifs is 1. The third-order valence-electron chi connectivity index (χ3n) is 2.96. The molecule has 5 nitrogen and oxygen atoms in total. The first-order valence-electron chi connectivity index (χ1n) is 5.59. The van der Waals surface area contributed by atoms with Crippen LogP contribution in [0.1, 0.15) is 22.3 Å². The van der Waals surface area contributed by atoms with Gasteiger partial charge in [0.2, 0.25) is 5.91 Å². The fourth-order valence-electron chi connectivity index (χ4n) is 2.00. The number of rotatable bonds is 3. The molecule has 2 amide bonds. The van der Waals surface area contributed by atoms with E-state index in [9.17, 15) is 9.59 Å². The highest BCUT2D eigenvalue weighted by Crippen LogP contribution is 2.18. The van der Waals surface area contributed by atoms with Crippen LogP contribution in [0, 0.1) is 0 Å². The molecule has 17 heavy (non-hydrogen) atoms. The van der Waals surface area contributed by atoms with Gasteiger partial charge in [-0.05, 0) is 18.1 Å². The molecule has 0 bridgehead atoms. The summed E-state index contributed by atoms with van der Waals surface area (Å²) >= 11 is 0. The van der Waals surface area contributed by atoms with E-state index in [0.717, 1.165) is 17.5 Å². The summed E-state index contributed by atoms with van der Waals surface area (Å²) in [6, 6.07) is 7.58. The molecule has 5 heteroatoms. The Morgan fingerprint density at radius 3 is 2.94 bits per heavy atom. The van der Waals surface area contributed by atoms with Crippen LogP contribution in [0.3, 0.4) is 0 Å². The van der Waals surface area contributed by atoms with Crippen molar-refractivity contribution >= 4 is 11.8 Å². The van der Waals surface area contributed by atoms with Gasteiger partial charge < -0.3 is 4.90 Å². The van der Waals surface area contributed by atoms with Crippen molar-refractivity contribution in [1.82, 2.24) is 10.3 Å². The first-order chi connectivity index (χ1) is 8.22. The molecular formula is C12H15N3O2. The van der Waals surface area contributed by atoms with Crippen LogP contribution in [0.2, 0.25) is 0 Å². The summed E-state index contributed by atoms with van der Waals surface area (Å²) in [6.45, 7) is 1.07. The molecule has 1 aliphatic heterocycles. The second-order valence-corrected chi connectivity index (χ2v) is 4.02. The highest BCUT2D eigenvalue weighted by atomic mass is 16.2. The van der Waals surface area contributed by atoms with Gasteiger partial charge in [0.25, 0.3) is 5.91 Å². The summed E-state index contributed by atoms with van der Waals surface area (Å²) in [5.74, 6) is 4.74. The van der Waals surface area contributed by atoms with Gasteiger partial charge in [0.15, 0.2) is 0 Å². The highest BCUT2D eigenvalue weighted by Gasteiger charge is 2.23. The molecule has 0 radical (unpaired) electrons. The maximum atomic E-state index is 12.1. The molecule has 0 fully saturated rings. The number of nitrogens with zero attached hydrogens (tertiary/aromatic N) is 1. The Kier molecular flexibility index (Phi) is 3.39. The molecule has 1 aliphatic rings. The summed E-state index contributed by atoms with van der Waals surface area (Å²) in [4.78, 5) is 24.8. The standard InChI is InChI=1S/C12H15N3O2/c13-14-11(16)6-8-15-7-5-9-3-1-2-4-10(9)12(15)17/h1-4H,5-8,13H2,(H,14,16). The molecule has 1 aromatic rings. The van der Waals surface area contributed by atoms with Crippen LogP contribution in [-0.2, 0) is 11.2 Å². The van der Waals surface area contributed by atoms with E-state index in [1.165, 1.54) is 0 Å². The topological polar surface area (TPSA) is 75.4 Å². The smallest absolute Gasteiger partial charge is 0.254 e. The largest absolute Gasteiger partial charge is 0.338 e. The molecule has 1 heterocycles. The Morgan fingerprint density at radius 2 is 2.18 bits per heavy atom. The van der Waals surface area contributed by atoms with Gasteiger partial charge in [-0.25, -0.2) is 5.84 Å². The Morgan fingerprint density at radius 1 is 1.41 bits per heavy atom. The number of nitrogens with two attached hydrogens (primary N) is 1. The fraction of sp³-hybridized carbons (Fsp3) is 0.333. The number of hydrogen-bond donors (Lipinski definition) is 2. The van der Waals surface area contributed by atoms with E-state index >= 15 is 0 Å². The fourth-order valence-corrected chi connectivity index (χ4v) is 2.00. The number of carbonyl (C=O) groups is 2. The third kappa shape index (κ3) is 2.45. The quantitative estimate of drug-likeness (QED) is 0.440. The van der Waals surface area contributed by atoms with E-state index in [0.29, 0.717) is 13.1 Å². The number of carbonyl (C=O) groups excluding carboxylic acids is 2. The minimum Gasteiger partial charge on any atom is -0.338 e. The van der Waals surface area contributed by atoms with Gasteiger partial charge in [0.1, 0.15) is 0 Å². The van der Waals surface area contributed by atoms with Crippen LogP contribution in [0.15, 0.2) is 24.3 Å². The molecule has 0 aliphatic carbocycles. The van der Waals surface area contributed by atoms with Crippen molar-refractivity contribution in [3.63, 3.8) is 0 Å². The number of hydrazine groups is 1. The zero-order valence-electron chi connectivity index (χ0n) is 9.48. The maximum absolute atomic E-state index is 12.1. The molecule has 90 valence electrons. The van der Waals surface area contributed by atoms with E-state index in [1.54, 1.807) is 4.90 Å². The molecule has 0 unspecified atom stereocenters. The molecule has 0 saturated heterocycles. The molecule has 1 aromatic carbocycles. The number of benzene rings is 1. The van der Waals surface area contributed by atoms with Crippen molar-refractivity contribution in [2.24, 2.45) is 5.84 Å². The minimum atomic E-state index is -0.253. The normalized spacial score (nSPS) is 14.4. The van der Waals surface area contributed by atoms with Crippen LogP contribution in [-0.4, -0.2) is 29.8 Å². The second kappa shape index (κ2) is 4.97. The predicted octanol–water partition coefficient (Wildman–Crippen LogP) is 0.0649. The van der Waals surface area contributed by atoms with Gasteiger partial charge in [-0.2, -0.15) is 0 Å². The average molecular weight is 233 g/mol. The van der Waals surface area contributed by atoms with Crippen LogP contribution < -0.4 is 11.3 Å². The van der Waals surface area contributed by atoms with Gasteiger partial charge in [-0.3, -0.25) is 15.0 Å². The Labute approximate surface area is 99.6 Å². The van der Waals surface area contributed by atoms with Crippen molar-refractivity contribution in [2.75, 3.05) is 13.1 Å². The SMILES string of the molecule is NNC(=O)CCN1CCc2ccccc2C1=O. The zero-order valence-corrected chi connectivity index (χ0v) is 9.48. The predicted molar refractivity (Wildman–Crippen MR) is 63.0 cm³/mol. The van der Waals surface area contributed by atoms with Gasteiger partial charge in [0.05, 0.1) is 0 Å². The molecule has 0 saturated carbocycles. The summed E-state index contributed by atoms with van der Waals surface area (Å²) in [5, 5.41) is 0. The van der Waals surface area contributed by atoms with E-state index in [1.807, 2.05) is 24.3 Å². The molecule has 2 rings (SSSR count). The Bertz CT molecular complexity index is 445. The van der Waals surface area contributed by atoms with Crippen molar-refractivity contribution < 1.29 is 9.59 Å². The summed E-state index contributed by atoms with van der Waals surface area (Å²) < 4.78 is 0.